The molecular formula is C10H20O2. The zero-order valence-electron chi connectivity index (χ0n) is 8.25. The van der Waals surface area contributed by atoms with Crippen LogP contribution in [0.15, 0.2) is 0 Å². The average molecular weight is 172 g/mol. The minimum absolute atomic E-state index is 0.529. The van der Waals surface area contributed by atoms with E-state index in [1.54, 1.807) is 6.92 Å². The van der Waals surface area contributed by atoms with Crippen LogP contribution in [-0.4, -0.2) is 21.9 Å². The van der Waals surface area contributed by atoms with Crippen LogP contribution < -0.4 is 0 Å². The fourth-order valence-corrected chi connectivity index (χ4v) is 1.91. The van der Waals surface area contributed by atoms with Gasteiger partial charge >= 0.3 is 0 Å². The molecule has 0 aromatic rings. The number of rotatable bonds is 1. The van der Waals surface area contributed by atoms with E-state index < -0.39 is 11.7 Å². The van der Waals surface area contributed by atoms with E-state index in [2.05, 4.69) is 13.8 Å². The van der Waals surface area contributed by atoms with Crippen LogP contribution >= 0.6 is 0 Å². The summed E-state index contributed by atoms with van der Waals surface area (Å²) in [6.07, 6.45) is 2.00. The van der Waals surface area contributed by atoms with Crippen LogP contribution in [-0.2, 0) is 0 Å². The maximum absolute atomic E-state index is 9.69. The quantitative estimate of drug-likeness (QED) is 0.630. The lowest BCUT2D eigenvalue weighted by atomic mass is 9.73. The minimum atomic E-state index is -0.842. The lowest BCUT2D eigenvalue weighted by Gasteiger charge is -2.39. The van der Waals surface area contributed by atoms with Gasteiger partial charge in [-0.25, -0.2) is 0 Å². The third-order valence-electron chi connectivity index (χ3n) is 3.21. The van der Waals surface area contributed by atoms with Gasteiger partial charge in [0.1, 0.15) is 0 Å². The summed E-state index contributed by atoms with van der Waals surface area (Å²) in [5, 5.41) is 19.3. The molecule has 0 aliphatic heterocycles. The number of hydrogen-bond donors (Lipinski definition) is 2. The molecule has 2 N–H and O–H groups in total. The molecular weight excluding hydrogens is 152 g/mol. The summed E-state index contributed by atoms with van der Waals surface area (Å²) in [5.41, 5.74) is -0.842. The predicted octanol–water partition coefficient (Wildman–Crippen LogP) is 1.55. The Hall–Kier alpha value is -0.0800. The van der Waals surface area contributed by atoms with Crippen molar-refractivity contribution in [2.45, 2.75) is 51.7 Å². The standard InChI is InChI=1S/C10H20O2/c1-7(2)8-4-5-10(3,12)9(11)6-8/h7-9,11-12H,4-6H2,1-3H3/t8-,9-,10+/m1/s1. The summed E-state index contributed by atoms with van der Waals surface area (Å²) in [5.74, 6) is 1.20. The molecule has 1 aliphatic carbocycles. The smallest absolute Gasteiger partial charge is 0.0877 e. The van der Waals surface area contributed by atoms with Crippen molar-refractivity contribution in [3.05, 3.63) is 0 Å². The van der Waals surface area contributed by atoms with Crippen LogP contribution in [0.5, 0.6) is 0 Å². The topological polar surface area (TPSA) is 40.5 Å². The molecule has 0 aromatic heterocycles. The molecule has 0 aromatic carbocycles. The van der Waals surface area contributed by atoms with Gasteiger partial charge in [0, 0.05) is 0 Å². The molecule has 0 spiro atoms. The first kappa shape index (κ1) is 10.0. The highest BCUT2D eigenvalue weighted by atomic mass is 16.3. The third kappa shape index (κ3) is 1.99. The Bertz CT molecular complexity index is 152. The van der Waals surface area contributed by atoms with Crippen LogP contribution in [0.25, 0.3) is 0 Å². The van der Waals surface area contributed by atoms with Crippen LogP contribution in [0.2, 0.25) is 0 Å². The molecule has 3 atom stereocenters. The van der Waals surface area contributed by atoms with Gasteiger partial charge in [-0.15, -0.1) is 0 Å². The van der Waals surface area contributed by atoms with E-state index >= 15 is 0 Å². The second kappa shape index (κ2) is 3.35. The van der Waals surface area contributed by atoms with Gasteiger partial charge in [0.25, 0.3) is 0 Å². The molecule has 0 bridgehead atoms. The molecule has 0 unspecified atom stereocenters. The second-order valence-corrected chi connectivity index (χ2v) is 4.65. The molecule has 72 valence electrons. The second-order valence-electron chi connectivity index (χ2n) is 4.65. The van der Waals surface area contributed by atoms with Crippen molar-refractivity contribution in [3.63, 3.8) is 0 Å². The Morgan fingerprint density at radius 3 is 2.42 bits per heavy atom. The van der Waals surface area contributed by atoms with Gasteiger partial charge < -0.3 is 10.2 Å². The summed E-state index contributed by atoms with van der Waals surface area (Å²) in [6, 6.07) is 0. The normalized spacial score (nSPS) is 43.5. The average Bonchev–Trinajstić information content (AvgIpc) is 1.94. The fourth-order valence-electron chi connectivity index (χ4n) is 1.91. The van der Waals surface area contributed by atoms with E-state index in [4.69, 9.17) is 0 Å². The summed E-state index contributed by atoms with van der Waals surface area (Å²) < 4.78 is 0. The fraction of sp³-hybridized carbons (Fsp3) is 1.00. The lowest BCUT2D eigenvalue weighted by Crippen LogP contribution is -2.45. The molecule has 0 radical (unpaired) electrons. The first-order valence-electron chi connectivity index (χ1n) is 4.84. The maximum Gasteiger partial charge on any atom is 0.0877 e. The third-order valence-corrected chi connectivity index (χ3v) is 3.21. The molecule has 1 fully saturated rings. The van der Waals surface area contributed by atoms with Crippen LogP contribution in [0, 0.1) is 11.8 Å². The SMILES string of the molecule is CC(C)[C@@H]1CC[C@](C)(O)[C@H](O)C1. The van der Waals surface area contributed by atoms with E-state index in [0.29, 0.717) is 11.8 Å². The van der Waals surface area contributed by atoms with Crippen molar-refractivity contribution in [3.8, 4) is 0 Å². The molecule has 12 heavy (non-hydrogen) atoms. The first-order chi connectivity index (χ1) is 5.43. The lowest BCUT2D eigenvalue weighted by molar-refractivity contribution is -0.103. The molecule has 0 heterocycles. The summed E-state index contributed by atoms with van der Waals surface area (Å²) in [7, 11) is 0. The Balaban J connectivity index is 2.52. The van der Waals surface area contributed by atoms with Gasteiger partial charge in [0.05, 0.1) is 11.7 Å². The predicted molar refractivity (Wildman–Crippen MR) is 48.8 cm³/mol. The van der Waals surface area contributed by atoms with Crippen LogP contribution in [0.3, 0.4) is 0 Å². The van der Waals surface area contributed by atoms with Crippen molar-refractivity contribution >= 4 is 0 Å². The Morgan fingerprint density at radius 1 is 1.42 bits per heavy atom. The van der Waals surface area contributed by atoms with Crippen molar-refractivity contribution in [1.29, 1.82) is 0 Å². The molecule has 1 saturated carbocycles. The van der Waals surface area contributed by atoms with Gasteiger partial charge in [-0.05, 0) is 38.0 Å². The van der Waals surface area contributed by atoms with Crippen molar-refractivity contribution in [2.24, 2.45) is 11.8 Å². The minimum Gasteiger partial charge on any atom is -0.390 e. The Kier molecular flexibility index (Phi) is 2.79. The largest absolute Gasteiger partial charge is 0.390 e. The van der Waals surface area contributed by atoms with Crippen LogP contribution in [0.4, 0.5) is 0 Å². The van der Waals surface area contributed by atoms with E-state index in [-0.39, 0.29) is 0 Å². The van der Waals surface area contributed by atoms with Crippen molar-refractivity contribution in [2.75, 3.05) is 0 Å². The molecule has 2 heteroatoms. The first-order valence-corrected chi connectivity index (χ1v) is 4.84. The Labute approximate surface area is 74.6 Å². The zero-order chi connectivity index (χ0) is 9.35. The maximum atomic E-state index is 9.69. The van der Waals surface area contributed by atoms with E-state index in [1.165, 1.54) is 0 Å². The monoisotopic (exact) mass is 172 g/mol. The number of hydrogen-bond acceptors (Lipinski definition) is 2. The van der Waals surface area contributed by atoms with Crippen LogP contribution in [0.1, 0.15) is 40.0 Å². The molecule has 0 amide bonds. The van der Waals surface area contributed by atoms with Crippen molar-refractivity contribution in [1.82, 2.24) is 0 Å². The number of aliphatic hydroxyl groups is 2. The van der Waals surface area contributed by atoms with E-state index in [0.717, 1.165) is 19.3 Å². The molecule has 0 saturated heterocycles. The zero-order valence-corrected chi connectivity index (χ0v) is 8.25. The summed E-state index contributed by atoms with van der Waals surface area (Å²) >= 11 is 0. The van der Waals surface area contributed by atoms with Gasteiger partial charge in [-0.1, -0.05) is 13.8 Å². The van der Waals surface area contributed by atoms with Gasteiger partial charge in [0.2, 0.25) is 0 Å². The van der Waals surface area contributed by atoms with Crippen molar-refractivity contribution < 1.29 is 10.2 Å². The van der Waals surface area contributed by atoms with E-state index in [9.17, 15) is 10.2 Å². The van der Waals surface area contributed by atoms with Gasteiger partial charge in [0.15, 0.2) is 0 Å². The highest BCUT2D eigenvalue weighted by Crippen LogP contribution is 2.35. The van der Waals surface area contributed by atoms with Gasteiger partial charge in [-0.3, -0.25) is 0 Å². The molecule has 1 rings (SSSR count). The molecule has 2 nitrogen and oxygen atoms in total. The summed E-state index contributed by atoms with van der Waals surface area (Å²) in [4.78, 5) is 0. The summed E-state index contributed by atoms with van der Waals surface area (Å²) in [6.45, 7) is 6.09. The van der Waals surface area contributed by atoms with Gasteiger partial charge in [-0.2, -0.15) is 0 Å². The van der Waals surface area contributed by atoms with E-state index in [1.807, 2.05) is 0 Å². The Morgan fingerprint density at radius 2 is 2.00 bits per heavy atom. The highest BCUT2D eigenvalue weighted by Gasteiger charge is 2.37. The number of aliphatic hydroxyl groups excluding tert-OH is 1. The highest BCUT2D eigenvalue weighted by molar-refractivity contribution is 4.89. The molecule has 1 aliphatic rings.